The average Bonchev–Trinajstić information content (AvgIpc) is 3.26. The van der Waals surface area contributed by atoms with Gasteiger partial charge >= 0.3 is 0 Å². The van der Waals surface area contributed by atoms with E-state index in [1.165, 1.54) is 18.2 Å². The molecule has 1 aliphatic rings. The van der Waals surface area contributed by atoms with Gasteiger partial charge in [0.1, 0.15) is 27.4 Å². The molecule has 35 heavy (non-hydrogen) atoms. The molecule has 0 aliphatic carbocycles. The van der Waals surface area contributed by atoms with Crippen molar-refractivity contribution in [2.45, 2.75) is 11.4 Å². The van der Waals surface area contributed by atoms with E-state index in [0.29, 0.717) is 46.9 Å². The molecule has 8 nitrogen and oxygen atoms in total. The Balaban J connectivity index is 1.31. The van der Waals surface area contributed by atoms with E-state index < -0.39 is 32.4 Å². The normalized spacial score (nSPS) is 15.6. The van der Waals surface area contributed by atoms with E-state index in [9.17, 15) is 26.4 Å². The molecule has 2 aromatic carbocycles. The summed E-state index contributed by atoms with van der Waals surface area (Å²) in [5.74, 6) is -2.25. The maximum Gasteiger partial charge on any atom is 0.275 e. The summed E-state index contributed by atoms with van der Waals surface area (Å²) in [5.41, 5.74) is 0.636. The molecule has 0 atom stereocenters. The monoisotopic (exact) mass is 521 g/mol. The molecular formula is C22H18F3N5O3S2. The summed E-state index contributed by atoms with van der Waals surface area (Å²) in [6, 6.07) is 9.58. The lowest BCUT2D eigenvalue weighted by Gasteiger charge is -2.33. The summed E-state index contributed by atoms with van der Waals surface area (Å²) in [6.07, 6.45) is 0. The first-order valence-corrected chi connectivity index (χ1v) is 12.8. The minimum absolute atomic E-state index is 0.0732. The lowest BCUT2D eigenvalue weighted by molar-refractivity contribution is 0.179. The topological polar surface area (TPSA) is 87.9 Å². The molecule has 0 amide bonds. The number of aromatic nitrogens is 3. The van der Waals surface area contributed by atoms with Crippen LogP contribution in [0.5, 0.6) is 0 Å². The molecule has 2 aromatic heterocycles. The second kappa shape index (κ2) is 9.15. The lowest BCUT2D eigenvalue weighted by atomic mass is 10.2. The van der Waals surface area contributed by atoms with Crippen LogP contribution in [0.1, 0.15) is 5.69 Å². The minimum Gasteiger partial charge on any atom is -0.295 e. The number of nitrogens with zero attached hydrogens (tertiary/aromatic N) is 5. The summed E-state index contributed by atoms with van der Waals surface area (Å²) in [6.45, 7) is 1.07. The van der Waals surface area contributed by atoms with Gasteiger partial charge < -0.3 is 0 Å². The number of hydrogen-bond donors (Lipinski definition) is 0. The molecule has 4 aromatic rings. The van der Waals surface area contributed by atoms with Gasteiger partial charge in [-0.15, -0.1) is 0 Å². The molecule has 5 rings (SSSR count). The third-order valence-corrected chi connectivity index (χ3v) is 8.47. The van der Waals surface area contributed by atoms with E-state index >= 15 is 0 Å². The summed E-state index contributed by atoms with van der Waals surface area (Å²) >= 11 is 1.16. The second-order valence-electron chi connectivity index (χ2n) is 7.95. The van der Waals surface area contributed by atoms with E-state index in [0.717, 1.165) is 32.3 Å². The Morgan fingerprint density at radius 1 is 0.943 bits per heavy atom. The lowest BCUT2D eigenvalue weighted by Crippen LogP contribution is -2.48. The highest BCUT2D eigenvalue weighted by Gasteiger charge is 2.31. The number of fused-ring (bicyclic) bond motifs is 1. The van der Waals surface area contributed by atoms with Crippen LogP contribution in [-0.4, -0.2) is 58.4 Å². The van der Waals surface area contributed by atoms with Crippen molar-refractivity contribution in [1.82, 2.24) is 23.8 Å². The molecule has 0 spiro atoms. The molecule has 0 unspecified atom stereocenters. The fourth-order valence-electron chi connectivity index (χ4n) is 3.85. The first kappa shape index (κ1) is 23.6. The van der Waals surface area contributed by atoms with Crippen LogP contribution in [0.25, 0.3) is 15.5 Å². The molecule has 1 fully saturated rings. The van der Waals surface area contributed by atoms with Crippen LogP contribution in [0.4, 0.5) is 13.2 Å². The fourth-order valence-corrected chi connectivity index (χ4v) is 6.27. The van der Waals surface area contributed by atoms with Gasteiger partial charge in [-0.3, -0.25) is 9.69 Å². The van der Waals surface area contributed by atoms with Crippen molar-refractivity contribution >= 4 is 26.3 Å². The fraction of sp³-hybridized carbons (Fsp3) is 0.227. The predicted octanol–water partition coefficient (Wildman–Crippen LogP) is 2.74. The third kappa shape index (κ3) is 4.72. The first-order chi connectivity index (χ1) is 16.7. The van der Waals surface area contributed by atoms with Crippen molar-refractivity contribution in [3.05, 3.63) is 82.0 Å². The third-order valence-electron chi connectivity index (χ3n) is 5.60. The molecule has 1 aliphatic heterocycles. The highest BCUT2D eigenvalue weighted by atomic mass is 32.2. The molecule has 13 heteroatoms. The van der Waals surface area contributed by atoms with Gasteiger partial charge in [0.25, 0.3) is 5.56 Å². The van der Waals surface area contributed by atoms with Gasteiger partial charge in [0.05, 0.1) is 5.69 Å². The number of rotatable bonds is 5. The number of hydrogen-bond acceptors (Lipinski definition) is 7. The van der Waals surface area contributed by atoms with E-state index in [2.05, 4.69) is 10.1 Å². The SMILES string of the molecule is O=c1cc(CN2CCN(S(=O)(=O)c3cc(F)ccc3F)CC2)nc2sc(-c3cccc(F)c3)nn12. The van der Waals surface area contributed by atoms with Crippen LogP contribution >= 0.6 is 11.3 Å². The van der Waals surface area contributed by atoms with Crippen LogP contribution in [0.15, 0.2) is 58.2 Å². The number of piperazine rings is 1. The minimum atomic E-state index is -4.18. The summed E-state index contributed by atoms with van der Waals surface area (Å²) in [7, 11) is -4.18. The Hall–Kier alpha value is -3.13. The van der Waals surface area contributed by atoms with Gasteiger partial charge in [0.15, 0.2) is 0 Å². The predicted molar refractivity (Wildman–Crippen MR) is 123 cm³/mol. The first-order valence-electron chi connectivity index (χ1n) is 10.5. The van der Waals surface area contributed by atoms with Crippen LogP contribution in [0.2, 0.25) is 0 Å². The molecule has 0 radical (unpaired) electrons. The van der Waals surface area contributed by atoms with Crippen LogP contribution in [0.3, 0.4) is 0 Å². The zero-order valence-corrected chi connectivity index (χ0v) is 19.7. The van der Waals surface area contributed by atoms with E-state index in [-0.39, 0.29) is 18.6 Å². The van der Waals surface area contributed by atoms with Crippen molar-refractivity contribution in [1.29, 1.82) is 0 Å². The van der Waals surface area contributed by atoms with Gasteiger partial charge in [-0.1, -0.05) is 23.5 Å². The van der Waals surface area contributed by atoms with Crippen LogP contribution < -0.4 is 5.56 Å². The van der Waals surface area contributed by atoms with E-state index in [1.807, 2.05) is 4.90 Å². The Morgan fingerprint density at radius 3 is 2.43 bits per heavy atom. The molecule has 0 saturated carbocycles. The molecular weight excluding hydrogens is 503 g/mol. The van der Waals surface area contributed by atoms with Gasteiger partial charge in [0.2, 0.25) is 15.0 Å². The number of benzene rings is 2. The smallest absolute Gasteiger partial charge is 0.275 e. The quantitative estimate of drug-likeness (QED) is 0.402. The highest BCUT2D eigenvalue weighted by Crippen LogP contribution is 2.25. The maximum absolute atomic E-state index is 14.0. The van der Waals surface area contributed by atoms with Crippen molar-refractivity contribution < 1.29 is 21.6 Å². The summed E-state index contributed by atoms with van der Waals surface area (Å²) < 4.78 is 68.9. The van der Waals surface area contributed by atoms with E-state index in [4.69, 9.17) is 0 Å². The van der Waals surface area contributed by atoms with Crippen molar-refractivity contribution in [2.24, 2.45) is 0 Å². The molecule has 3 heterocycles. The van der Waals surface area contributed by atoms with Gasteiger partial charge in [-0.25, -0.2) is 26.6 Å². The molecule has 1 saturated heterocycles. The van der Waals surface area contributed by atoms with Gasteiger partial charge in [-0.2, -0.15) is 13.9 Å². The summed E-state index contributed by atoms with van der Waals surface area (Å²) in [5, 5.41) is 4.69. The maximum atomic E-state index is 14.0. The Kier molecular flexibility index (Phi) is 6.17. The zero-order valence-electron chi connectivity index (χ0n) is 18.1. The standard InChI is InChI=1S/C22H18F3N5O3S2/c23-15-3-1-2-14(10-15)21-27-30-20(31)12-17(26-22(30)34-21)13-28-6-8-29(9-7-28)35(32,33)19-11-16(24)4-5-18(19)25/h1-5,10-12H,6-9,13H2. The van der Waals surface area contributed by atoms with Crippen molar-refractivity contribution in [3.63, 3.8) is 0 Å². The second-order valence-corrected chi connectivity index (χ2v) is 10.8. The molecule has 182 valence electrons. The van der Waals surface area contributed by atoms with E-state index in [1.54, 1.807) is 12.1 Å². The van der Waals surface area contributed by atoms with Crippen LogP contribution in [0, 0.1) is 17.5 Å². The summed E-state index contributed by atoms with van der Waals surface area (Å²) in [4.78, 5) is 18.7. The zero-order chi connectivity index (χ0) is 24.7. The Morgan fingerprint density at radius 2 is 1.69 bits per heavy atom. The molecule has 0 N–H and O–H groups in total. The highest BCUT2D eigenvalue weighted by molar-refractivity contribution is 7.89. The number of sulfonamides is 1. The van der Waals surface area contributed by atoms with Crippen molar-refractivity contribution in [2.75, 3.05) is 26.2 Å². The number of halogens is 3. The van der Waals surface area contributed by atoms with Gasteiger partial charge in [-0.05, 0) is 30.3 Å². The average molecular weight is 522 g/mol. The van der Waals surface area contributed by atoms with Crippen molar-refractivity contribution in [3.8, 4) is 10.6 Å². The Labute approximate surface area is 201 Å². The van der Waals surface area contributed by atoms with Crippen LogP contribution in [-0.2, 0) is 16.6 Å². The largest absolute Gasteiger partial charge is 0.295 e. The Bertz CT molecular complexity index is 1580. The van der Waals surface area contributed by atoms with Gasteiger partial charge in [0, 0.05) is 44.4 Å². The molecule has 0 bridgehead atoms.